The van der Waals surface area contributed by atoms with Gasteiger partial charge in [0, 0.05) is 38.0 Å². The number of carbonyl (C=O) groups is 2. The van der Waals surface area contributed by atoms with Gasteiger partial charge in [-0.3, -0.25) is 14.6 Å². The summed E-state index contributed by atoms with van der Waals surface area (Å²) in [4.78, 5) is 27.4. The summed E-state index contributed by atoms with van der Waals surface area (Å²) < 4.78 is 0. The van der Waals surface area contributed by atoms with Crippen LogP contribution in [0.1, 0.15) is 35.7 Å². The van der Waals surface area contributed by atoms with Crippen molar-refractivity contribution in [1.29, 1.82) is 0 Å². The molecule has 0 saturated heterocycles. The van der Waals surface area contributed by atoms with Gasteiger partial charge in [0.25, 0.3) is 5.91 Å². The van der Waals surface area contributed by atoms with E-state index in [1.54, 1.807) is 19.3 Å². The first-order valence-electron chi connectivity index (χ1n) is 6.88. The molecule has 2 N–H and O–H groups in total. The molecule has 0 fully saturated rings. The average molecular weight is 285 g/mol. The Morgan fingerprint density at radius 1 is 1.29 bits per heavy atom. The van der Waals surface area contributed by atoms with Gasteiger partial charge in [-0.2, -0.15) is 0 Å². The Hall–Kier alpha value is -2.43. The van der Waals surface area contributed by atoms with Gasteiger partial charge in [-0.1, -0.05) is 25.1 Å². The lowest BCUT2D eigenvalue weighted by Crippen LogP contribution is -2.25. The Bertz CT molecular complexity index is 682. The molecule has 21 heavy (non-hydrogen) atoms. The van der Waals surface area contributed by atoms with E-state index >= 15 is 0 Å². The molecule has 2 rings (SSSR count). The van der Waals surface area contributed by atoms with E-state index in [2.05, 4.69) is 15.6 Å². The number of pyridine rings is 1. The Balaban J connectivity index is 2.46. The monoisotopic (exact) mass is 285 g/mol. The van der Waals surface area contributed by atoms with Gasteiger partial charge in [0.15, 0.2) is 0 Å². The highest BCUT2D eigenvalue weighted by Gasteiger charge is 2.14. The van der Waals surface area contributed by atoms with Gasteiger partial charge in [-0.25, -0.2) is 0 Å². The van der Waals surface area contributed by atoms with Gasteiger partial charge in [0.05, 0.1) is 11.1 Å². The summed E-state index contributed by atoms with van der Waals surface area (Å²) in [6.45, 7) is 4.07. The van der Waals surface area contributed by atoms with Crippen molar-refractivity contribution in [3.63, 3.8) is 0 Å². The first kappa shape index (κ1) is 15.0. The van der Waals surface area contributed by atoms with Crippen LogP contribution in [0.4, 0.5) is 0 Å². The third-order valence-electron chi connectivity index (χ3n) is 3.46. The lowest BCUT2D eigenvalue weighted by atomic mass is 9.96. The number of hydrogen-bond donors (Lipinski definition) is 2. The Morgan fingerprint density at radius 3 is 2.71 bits per heavy atom. The quantitative estimate of drug-likeness (QED) is 0.900. The number of carbonyl (C=O) groups excluding carboxylic acids is 2. The van der Waals surface area contributed by atoms with Crippen LogP contribution in [0.3, 0.4) is 0 Å². The number of amides is 2. The molecule has 1 heterocycles. The molecule has 0 radical (unpaired) electrons. The number of nitrogens with zero attached hydrogens (tertiary/aromatic N) is 1. The summed E-state index contributed by atoms with van der Waals surface area (Å²) in [5.74, 6) is -0.0693. The zero-order valence-corrected chi connectivity index (χ0v) is 12.4. The standard InChI is InChI=1S/C16H19N3O2/c1-10(9-19-11(2)20)12-5-4-6-13-14(16(21)17-3)7-8-18-15(12)13/h4-8,10H,9H2,1-3H3,(H,17,21)(H,19,20)/t10-/m1/s1. The van der Waals surface area contributed by atoms with Crippen molar-refractivity contribution >= 4 is 22.7 Å². The molecule has 2 aromatic rings. The fourth-order valence-corrected chi connectivity index (χ4v) is 2.34. The number of para-hydroxylation sites is 1. The molecule has 0 aliphatic heterocycles. The highest BCUT2D eigenvalue weighted by molar-refractivity contribution is 6.06. The second-order valence-corrected chi connectivity index (χ2v) is 5.02. The van der Waals surface area contributed by atoms with Crippen LogP contribution >= 0.6 is 0 Å². The van der Waals surface area contributed by atoms with Crippen molar-refractivity contribution in [3.8, 4) is 0 Å². The minimum absolute atomic E-state index is 0.0545. The van der Waals surface area contributed by atoms with Crippen molar-refractivity contribution in [1.82, 2.24) is 15.6 Å². The second kappa shape index (κ2) is 6.35. The second-order valence-electron chi connectivity index (χ2n) is 5.02. The lowest BCUT2D eigenvalue weighted by Gasteiger charge is -2.15. The lowest BCUT2D eigenvalue weighted by molar-refractivity contribution is -0.119. The number of aromatic nitrogens is 1. The third-order valence-corrected chi connectivity index (χ3v) is 3.46. The van der Waals surface area contributed by atoms with Gasteiger partial charge in [0.1, 0.15) is 0 Å². The maximum absolute atomic E-state index is 11.9. The first-order chi connectivity index (χ1) is 10.0. The van der Waals surface area contributed by atoms with E-state index < -0.39 is 0 Å². The maximum atomic E-state index is 11.9. The molecular weight excluding hydrogens is 266 g/mol. The van der Waals surface area contributed by atoms with Crippen LogP contribution in [-0.2, 0) is 4.79 Å². The van der Waals surface area contributed by atoms with E-state index in [0.29, 0.717) is 12.1 Å². The molecule has 0 spiro atoms. The van der Waals surface area contributed by atoms with Gasteiger partial charge >= 0.3 is 0 Å². The maximum Gasteiger partial charge on any atom is 0.251 e. The van der Waals surface area contributed by atoms with Crippen LogP contribution < -0.4 is 10.6 Å². The molecule has 1 atom stereocenters. The predicted octanol–water partition coefficient (Wildman–Crippen LogP) is 1.83. The number of fused-ring (bicyclic) bond motifs is 1. The van der Waals surface area contributed by atoms with Crippen molar-refractivity contribution in [2.75, 3.05) is 13.6 Å². The van der Waals surface area contributed by atoms with Crippen LogP contribution in [0.15, 0.2) is 30.5 Å². The minimum atomic E-state index is -0.130. The molecule has 0 aliphatic carbocycles. The van der Waals surface area contributed by atoms with Gasteiger partial charge in [0.2, 0.25) is 5.91 Å². The number of rotatable bonds is 4. The molecule has 0 unspecified atom stereocenters. The van der Waals surface area contributed by atoms with Crippen molar-refractivity contribution in [2.45, 2.75) is 19.8 Å². The van der Waals surface area contributed by atoms with Crippen LogP contribution in [0, 0.1) is 0 Å². The summed E-state index contributed by atoms with van der Waals surface area (Å²) in [6.07, 6.45) is 1.64. The molecule has 0 bridgehead atoms. The first-order valence-corrected chi connectivity index (χ1v) is 6.88. The molecule has 0 aliphatic rings. The van der Waals surface area contributed by atoms with E-state index in [4.69, 9.17) is 0 Å². The van der Waals surface area contributed by atoms with Crippen molar-refractivity contribution in [3.05, 3.63) is 41.6 Å². The van der Waals surface area contributed by atoms with E-state index in [9.17, 15) is 9.59 Å². The Kier molecular flexibility index (Phi) is 4.52. The number of nitrogens with one attached hydrogen (secondary N) is 2. The fraction of sp³-hybridized carbons (Fsp3) is 0.312. The minimum Gasteiger partial charge on any atom is -0.356 e. The van der Waals surface area contributed by atoms with Crippen LogP contribution in [-0.4, -0.2) is 30.4 Å². The summed E-state index contributed by atoms with van der Waals surface area (Å²) in [7, 11) is 1.61. The van der Waals surface area contributed by atoms with Crippen molar-refractivity contribution < 1.29 is 9.59 Å². The van der Waals surface area contributed by atoms with Crippen LogP contribution in [0.5, 0.6) is 0 Å². The highest BCUT2D eigenvalue weighted by atomic mass is 16.2. The Labute approximate surface area is 123 Å². The molecule has 2 amide bonds. The zero-order valence-electron chi connectivity index (χ0n) is 12.4. The smallest absolute Gasteiger partial charge is 0.251 e. The summed E-state index contributed by atoms with van der Waals surface area (Å²) in [6, 6.07) is 7.50. The molecule has 5 heteroatoms. The largest absolute Gasteiger partial charge is 0.356 e. The normalized spacial score (nSPS) is 12.0. The van der Waals surface area contributed by atoms with Gasteiger partial charge in [-0.05, 0) is 11.6 Å². The van der Waals surface area contributed by atoms with Crippen molar-refractivity contribution in [2.24, 2.45) is 0 Å². The predicted molar refractivity (Wildman–Crippen MR) is 82.2 cm³/mol. The zero-order chi connectivity index (χ0) is 15.4. The topological polar surface area (TPSA) is 71.1 Å². The summed E-state index contributed by atoms with van der Waals surface area (Å²) in [5.41, 5.74) is 2.43. The molecular formula is C16H19N3O2. The average Bonchev–Trinajstić information content (AvgIpc) is 2.50. The highest BCUT2D eigenvalue weighted by Crippen LogP contribution is 2.25. The molecule has 1 aromatic heterocycles. The van der Waals surface area contributed by atoms with Gasteiger partial charge in [-0.15, -0.1) is 0 Å². The number of benzene rings is 1. The van der Waals surface area contributed by atoms with E-state index in [1.807, 2.05) is 25.1 Å². The van der Waals surface area contributed by atoms with Gasteiger partial charge < -0.3 is 10.6 Å². The molecule has 5 nitrogen and oxygen atoms in total. The van der Waals surface area contributed by atoms with E-state index in [0.717, 1.165) is 16.5 Å². The molecule has 0 saturated carbocycles. The van der Waals surface area contributed by atoms with E-state index in [-0.39, 0.29) is 17.7 Å². The summed E-state index contributed by atoms with van der Waals surface area (Å²) >= 11 is 0. The van der Waals surface area contributed by atoms with Crippen LogP contribution in [0.25, 0.3) is 10.9 Å². The SMILES string of the molecule is CNC(=O)c1ccnc2c([C@H](C)CNC(C)=O)cccc12. The fourth-order valence-electron chi connectivity index (χ4n) is 2.34. The third kappa shape index (κ3) is 3.18. The molecule has 1 aromatic carbocycles. The number of hydrogen-bond acceptors (Lipinski definition) is 3. The summed E-state index contributed by atoms with van der Waals surface area (Å²) in [5, 5.41) is 6.27. The molecule has 110 valence electrons. The van der Waals surface area contributed by atoms with E-state index in [1.165, 1.54) is 6.92 Å². The Morgan fingerprint density at radius 2 is 2.05 bits per heavy atom. The van der Waals surface area contributed by atoms with Crippen LogP contribution in [0.2, 0.25) is 0 Å².